The first-order valence-corrected chi connectivity index (χ1v) is 4.60. The molecule has 0 atom stereocenters. The summed E-state index contributed by atoms with van der Waals surface area (Å²) in [7, 11) is 1.63. The van der Waals surface area contributed by atoms with Crippen molar-refractivity contribution in [1.29, 1.82) is 0 Å². The Morgan fingerprint density at radius 2 is 2.14 bits per heavy atom. The molecular weight excluding hydrogens is 186 g/mol. The molecule has 0 unspecified atom stereocenters. The topological polar surface area (TPSA) is 75.6 Å². The SMILES string of the molecule is COCCC1(CNC(=O)C(=O)O)CC1. The highest BCUT2D eigenvalue weighted by atomic mass is 16.5. The van der Waals surface area contributed by atoms with Crippen LogP contribution in [0.25, 0.3) is 0 Å². The number of ether oxygens (including phenoxy) is 1. The summed E-state index contributed by atoms with van der Waals surface area (Å²) in [5.74, 6) is -2.35. The average Bonchev–Trinajstić information content (AvgIpc) is 2.92. The van der Waals surface area contributed by atoms with Gasteiger partial charge in [-0.05, 0) is 24.7 Å². The number of hydrogen-bond donors (Lipinski definition) is 2. The molecule has 1 aliphatic carbocycles. The van der Waals surface area contributed by atoms with Gasteiger partial charge in [-0.15, -0.1) is 0 Å². The summed E-state index contributed by atoms with van der Waals surface area (Å²) in [6.45, 7) is 1.10. The van der Waals surface area contributed by atoms with E-state index in [-0.39, 0.29) is 5.41 Å². The van der Waals surface area contributed by atoms with Crippen molar-refractivity contribution < 1.29 is 19.4 Å². The summed E-state index contributed by atoms with van der Waals surface area (Å²) in [4.78, 5) is 21.0. The van der Waals surface area contributed by atoms with Gasteiger partial charge in [0.1, 0.15) is 0 Å². The lowest BCUT2D eigenvalue weighted by Crippen LogP contribution is -2.35. The minimum Gasteiger partial charge on any atom is -0.474 e. The minimum absolute atomic E-state index is 0.0983. The zero-order chi connectivity index (χ0) is 10.6. The quantitative estimate of drug-likeness (QED) is 0.614. The van der Waals surface area contributed by atoms with Crippen LogP contribution in [-0.4, -0.2) is 37.2 Å². The van der Waals surface area contributed by atoms with Crippen LogP contribution in [0.4, 0.5) is 0 Å². The summed E-state index contributed by atoms with van der Waals surface area (Å²) in [6.07, 6.45) is 2.95. The van der Waals surface area contributed by atoms with E-state index in [9.17, 15) is 9.59 Å². The molecule has 5 nitrogen and oxygen atoms in total. The summed E-state index contributed by atoms with van der Waals surface area (Å²) in [5.41, 5.74) is 0.0983. The van der Waals surface area contributed by atoms with Gasteiger partial charge in [0.25, 0.3) is 0 Å². The summed E-state index contributed by atoms with van der Waals surface area (Å²) < 4.78 is 4.94. The van der Waals surface area contributed by atoms with Crippen molar-refractivity contribution in [2.75, 3.05) is 20.3 Å². The van der Waals surface area contributed by atoms with Gasteiger partial charge in [-0.25, -0.2) is 4.79 Å². The van der Waals surface area contributed by atoms with E-state index in [1.807, 2.05) is 0 Å². The third kappa shape index (κ3) is 2.99. The summed E-state index contributed by atoms with van der Waals surface area (Å²) in [5, 5.41) is 10.7. The van der Waals surface area contributed by atoms with Gasteiger partial charge in [-0.3, -0.25) is 4.79 Å². The molecule has 2 N–H and O–H groups in total. The maximum absolute atomic E-state index is 10.7. The highest BCUT2D eigenvalue weighted by molar-refractivity contribution is 6.31. The highest BCUT2D eigenvalue weighted by Crippen LogP contribution is 2.48. The number of amides is 1. The minimum atomic E-state index is -1.42. The second kappa shape index (κ2) is 4.41. The van der Waals surface area contributed by atoms with Crippen molar-refractivity contribution in [2.24, 2.45) is 5.41 Å². The van der Waals surface area contributed by atoms with Gasteiger partial charge < -0.3 is 15.2 Å². The van der Waals surface area contributed by atoms with Crippen LogP contribution in [0, 0.1) is 5.41 Å². The monoisotopic (exact) mass is 201 g/mol. The number of carboxylic acid groups (broad SMARTS) is 1. The van der Waals surface area contributed by atoms with E-state index in [0.717, 1.165) is 19.3 Å². The molecule has 5 heteroatoms. The van der Waals surface area contributed by atoms with Gasteiger partial charge in [-0.1, -0.05) is 0 Å². The van der Waals surface area contributed by atoms with Crippen LogP contribution in [0.2, 0.25) is 0 Å². The van der Waals surface area contributed by atoms with Crippen LogP contribution in [0.1, 0.15) is 19.3 Å². The third-order valence-corrected chi connectivity index (χ3v) is 2.61. The average molecular weight is 201 g/mol. The number of rotatable bonds is 5. The molecule has 0 spiro atoms. The number of hydrogen-bond acceptors (Lipinski definition) is 3. The van der Waals surface area contributed by atoms with E-state index in [4.69, 9.17) is 9.84 Å². The molecule has 1 fully saturated rings. The molecule has 0 bridgehead atoms. The first kappa shape index (κ1) is 11.0. The molecule has 0 radical (unpaired) electrons. The Morgan fingerprint density at radius 3 is 2.57 bits per heavy atom. The Balaban J connectivity index is 2.23. The molecule has 80 valence electrons. The number of aliphatic carboxylic acids is 1. The number of carbonyl (C=O) groups is 2. The maximum Gasteiger partial charge on any atom is 0.394 e. The van der Waals surface area contributed by atoms with Crippen molar-refractivity contribution in [3.8, 4) is 0 Å². The van der Waals surface area contributed by atoms with Crippen LogP contribution in [0.15, 0.2) is 0 Å². The van der Waals surface area contributed by atoms with Crippen molar-refractivity contribution in [3.05, 3.63) is 0 Å². The molecule has 0 aromatic heterocycles. The van der Waals surface area contributed by atoms with Crippen molar-refractivity contribution in [3.63, 3.8) is 0 Å². The number of carbonyl (C=O) groups excluding carboxylic acids is 1. The summed E-state index contributed by atoms with van der Waals surface area (Å²) in [6, 6.07) is 0. The first-order valence-electron chi connectivity index (χ1n) is 4.60. The molecular formula is C9H15NO4. The van der Waals surface area contributed by atoms with Crippen LogP contribution < -0.4 is 5.32 Å². The predicted molar refractivity (Wildman–Crippen MR) is 48.8 cm³/mol. The van der Waals surface area contributed by atoms with E-state index in [1.165, 1.54) is 0 Å². The Morgan fingerprint density at radius 1 is 1.50 bits per heavy atom. The smallest absolute Gasteiger partial charge is 0.394 e. The molecule has 1 amide bonds. The van der Waals surface area contributed by atoms with E-state index < -0.39 is 11.9 Å². The Hall–Kier alpha value is -1.10. The zero-order valence-corrected chi connectivity index (χ0v) is 8.21. The zero-order valence-electron chi connectivity index (χ0n) is 8.21. The number of methoxy groups -OCH3 is 1. The van der Waals surface area contributed by atoms with Crippen LogP contribution >= 0.6 is 0 Å². The largest absolute Gasteiger partial charge is 0.474 e. The van der Waals surface area contributed by atoms with E-state index >= 15 is 0 Å². The van der Waals surface area contributed by atoms with Gasteiger partial charge in [0.05, 0.1) is 0 Å². The van der Waals surface area contributed by atoms with Crippen molar-refractivity contribution in [2.45, 2.75) is 19.3 Å². The van der Waals surface area contributed by atoms with Crippen LogP contribution in [-0.2, 0) is 14.3 Å². The number of nitrogens with one attached hydrogen (secondary N) is 1. The molecule has 1 rings (SSSR count). The molecule has 1 aliphatic rings. The molecule has 0 aromatic carbocycles. The van der Waals surface area contributed by atoms with Crippen LogP contribution in [0.3, 0.4) is 0 Å². The fourth-order valence-electron chi connectivity index (χ4n) is 1.35. The first-order chi connectivity index (χ1) is 6.59. The standard InChI is InChI=1S/C9H15NO4/c1-14-5-4-9(2-3-9)6-10-7(11)8(12)13/h2-6H2,1H3,(H,10,11)(H,12,13). The van der Waals surface area contributed by atoms with Crippen LogP contribution in [0.5, 0.6) is 0 Å². The lowest BCUT2D eigenvalue weighted by Gasteiger charge is -2.14. The van der Waals surface area contributed by atoms with Crippen molar-refractivity contribution in [1.82, 2.24) is 5.32 Å². The predicted octanol–water partition coefficient (Wildman–Crippen LogP) is 0.00390. The van der Waals surface area contributed by atoms with Gasteiger partial charge in [0, 0.05) is 20.3 Å². The van der Waals surface area contributed by atoms with E-state index in [0.29, 0.717) is 13.2 Å². The second-order valence-corrected chi connectivity index (χ2v) is 3.73. The molecule has 0 heterocycles. The highest BCUT2D eigenvalue weighted by Gasteiger charge is 2.42. The van der Waals surface area contributed by atoms with Crippen molar-refractivity contribution >= 4 is 11.9 Å². The van der Waals surface area contributed by atoms with E-state index in [2.05, 4.69) is 5.32 Å². The molecule has 14 heavy (non-hydrogen) atoms. The lowest BCUT2D eigenvalue weighted by atomic mass is 10.0. The second-order valence-electron chi connectivity index (χ2n) is 3.73. The molecule has 0 aliphatic heterocycles. The van der Waals surface area contributed by atoms with Gasteiger partial charge in [-0.2, -0.15) is 0 Å². The van der Waals surface area contributed by atoms with E-state index in [1.54, 1.807) is 7.11 Å². The molecule has 0 saturated heterocycles. The third-order valence-electron chi connectivity index (χ3n) is 2.61. The fraction of sp³-hybridized carbons (Fsp3) is 0.778. The fourth-order valence-corrected chi connectivity index (χ4v) is 1.35. The Bertz CT molecular complexity index is 235. The van der Waals surface area contributed by atoms with Gasteiger partial charge in [0.2, 0.25) is 0 Å². The summed E-state index contributed by atoms with van der Waals surface area (Å²) >= 11 is 0. The number of carboxylic acids is 1. The normalized spacial score (nSPS) is 17.5. The molecule has 1 saturated carbocycles. The molecule has 0 aromatic rings. The maximum atomic E-state index is 10.7. The van der Waals surface area contributed by atoms with Gasteiger partial charge >= 0.3 is 11.9 Å². The van der Waals surface area contributed by atoms with Gasteiger partial charge in [0.15, 0.2) is 0 Å². The Kier molecular flexibility index (Phi) is 3.46. The Labute approximate surface area is 82.4 Å². The lowest BCUT2D eigenvalue weighted by molar-refractivity contribution is -0.150.